The minimum Gasteiger partial charge on any atom is -0.338 e. The summed E-state index contributed by atoms with van der Waals surface area (Å²) in [6.07, 6.45) is 0. The van der Waals surface area contributed by atoms with E-state index in [1.807, 2.05) is 24.3 Å². The normalized spacial score (nSPS) is 16.2. The van der Waals surface area contributed by atoms with Gasteiger partial charge < -0.3 is 4.90 Å². The molecule has 9 heteroatoms. The molecule has 2 heterocycles. The molecule has 1 atom stereocenters. The summed E-state index contributed by atoms with van der Waals surface area (Å²) in [5.74, 6) is -0.0668. The van der Waals surface area contributed by atoms with Crippen molar-refractivity contribution in [1.82, 2.24) is 19.6 Å². The predicted molar refractivity (Wildman–Crippen MR) is 106 cm³/mol. The van der Waals surface area contributed by atoms with Crippen LogP contribution < -0.4 is 0 Å². The van der Waals surface area contributed by atoms with Crippen LogP contribution in [-0.4, -0.2) is 56.6 Å². The molecule has 1 aliphatic heterocycles. The molecule has 1 aromatic carbocycles. The molecule has 0 bridgehead atoms. The summed E-state index contributed by atoms with van der Waals surface area (Å²) in [5, 5.41) is 16.2. The molecule has 0 spiro atoms. The van der Waals surface area contributed by atoms with E-state index in [1.165, 1.54) is 4.68 Å². The second-order valence-corrected chi connectivity index (χ2v) is 7.56. The number of piperazine rings is 1. The van der Waals surface area contributed by atoms with Crippen molar-refractivity contribution < 1.29 is 9.72 Å². The first-order chi connectivity index (χ1) is 13.3. The Morgan fingerprint density at radius 3 is 2.54 bits per heavy atom. The van der Waals surface area contributed by atoms with Crippen LogP contribution in [0.25, 0.3) is 0 Å². The van der Waals surface area contributed by atoms with Crippen LogP contribution in [0.5, 0.6) is 0 Å². The van der Waals surface area contributed by atoms with Gasteiger partial charge in [0.05, 0.1) is 4.92 Å². The van der Waals surface area contributed by atoms with Gasteiger partial charge in [-0.15, -0.1) is 0 Å². The standard InChI is InChI=1S/C19H24ClN5O3/c1-13-18(25(27)28)14(2)24(21-13)15(3)19(26)23-9-7-22(8-10-23)12-16-5-4-6-17(20)11-16/h4-6,11,15H,7-10,12H2,1-3H3. The van der Waals surface area contributed by atoms with Crippen molar-refractivity contribution in [1.29, 1.82) is 0 Å². The van der Waals surface area contributed by atoms with Gasteiger partial charge in [-0.25, -0.2) is 0 Å². The third-order valence-corrected chi connectivity index (χ3v) is 5.41. The highest BCUT2D eigenvalue weighted by Gasteiger charge is 2.30. The summed E-state index contributed by atoms with van der Waals surface area (Å²) in [6, 6.07) is 7.21. The van der Waals surface area contributed by atoms with E-state index in [-0.39, 0.29) is 11.6 Å². The predicted octanol–water partition coefficient (Wildman–Crippen LogP) is 2.97. The number of nitro groups is 1. The molecule has 0 saturated carbocycles. The Kier molecular flexibility index (Phi) is 6.00. The molecular weight excluding hydrogens is 382 g/mol. The van der Waals surface area contributed by atoms with Crippen molar-refractivity contribution in [3.63, 3.8) is 0 Å². The second kappa shape index (κ2) is 8.28. The van der Waals surface area contributed by atoms with Gasteiger partial charge in [-0.2, -0.15) is 5.10 Å². The van der Waals surface area contributed by atoms with E-state index in [2.05, 4.69) is 10.00 Å². The van der Waals surface area contributed by atoms with Crippen LogP contribution in [0.15, 0.2) is 24.3 Å². The highest BCUT2D eigenvalue weighted by Crippen LogP contribution is 2.25. The number of carbonyl (C=O) groups is 1. The molecule has 0 N–H and O–H groups in total. The van der Waals surface area contributed by atoms with E-state index in [1.54, 1.807) is 25.7 Å². The highest BCUT2D eigenvalue weighted by molar-refractivity contribution is 6.30. The Morgan fingerprint density at radius 2 is 1.96 bits per heavy atom. The summed E-state index contributed by atoms with van der Waals surface area (Å²) in [4.78, 5) is 27.8. The van der Waals surface area contributed by atoms with E-state index < -0.39 is 11.0 Å². The number of amides is 1. The number of halogens is 1. The van der Waals surface area contributed by atoms with Gasteiger partial charge in [-0.1, -0.05) is 23.7 Å². The van der Waals surface area contributed by atoms with Crippen LogP contribution in [-0.2, 0) is 11.3 Å². The lowest BCUT2D eigenvalue weighted by atomic mass is 10.2. The maximum Gasteiger partial charge on any atom is 0.312 e. The molecule has 0 aliphatic carbocycles. The zero-order valence-electron chi connectivity index (χ0n) is 16.3. The van der Waals surface area contributed by atoms with Crippen LogP contribution in [0.3, 0.4) is 0 Å². The Bertz CT molecular complexity index is 890. The zero-order chi connectivity index (χ0) is 20.4. The van der Waals surface area contributed by atoms with Gasteiger partial charge in [0.15, 0.2) is 0 Å². The minimum atomic E-state index is -0.577. The molecule has 1 fully saturated rings. The molecule has 0 radical (unpaired) electrons. The average Bonchev–Trinajstić information content (AvgIpc) is 2.95. The first-order valence-corrected chi connectivity index (χ1v) is 9.61. The Morgan fingerprint density at radius 1 is 1.29 bits per heavy atom. The van der Waals surface area contributed by atoms with Crippen LogP contribution in [0.2, 0.25) is 5.02 Å². The largest absolute Gasteiger partial charge is 0.338 e. The van der Waals surface area contributed by atoms with Crippen LogP contribution in [0, 0.1) is 24.0 Å². The number of carbonyl (C=O) groups excluding carboxylic acids is 1. The van der Waals surface area contributed by atoms with E-state index >= 15 is 0 Å². The lowest BCUT2D eigenvalue weighted by molar-refractivity contribution is -0.386. The topological polar surface area (TPSA) is 84.5 Å². The molecule has 1 unspecified atom stereocenters. The van der Waals surface area contributed by atoms with Crippen molar-refractivity contribution in [3.8, 4) is 0 Å². The number of rotatable bonds is 5. The van der Waals surface area contributed by atoms with Crippen molar-refractivity contribution >= 4 is 23.2 Å². The van der Waals surface area contributed by atoms with E-state index in [9.17, 15) is 14.9 Å². The van der Waals surface area contributed by atoms with Gasteiger partial charge in [0.2, 0.25) is 5.91 Å². The fraction of sp³-hybridized carbons (Fsp3) is 0.474. The minimum absolute atomic E-state index is 0.0222. The first kappa shape index (κ1) is 20.3. The summed E-state index contributed by atoms with van der Waals surface area (Å²) in [6.45, 7) is 8.52. The second-order valence-electron chi connectivity index (χ2n) is 7.13. The third-order valence-electron chi connectivity index (χ3n) is 5.17. The summed E-state index contributed by atoms with van der Waals surface area (Å²) in [5.41, 5.74) is 1.86. The molecule has 28 heavy (non-hydrogen) atoms. The Balaban J connectivity index is 1.62. The summed E-state index contributed by atoms with van der Waals surface area (Å²) in [7, 11) is 0. The smallest absolute Gasteiger partial charge is 0.312 e. The summed E-state index contributed by atoms with van der Waals surface area (Å²) < 4.78 is 1.47. The van der Waals surface area contributed by atoms with E-state index in [4.69, 9.17) is 11.6 Å². The van der Waals surface area contributed by atoms with Gasteiger partial charge in [-0.3, -0.25) is 24.5 Å². The van der Waals surface area contributed by atoms with Crippen molar-refractivity contribution in [2.75, 3.05) is 26.2 Å². The van der Waals surface area contributed by atoms with Crippen LogP contribution >= 0.6 is 11.6 Å². The zero-order valence-corrected chi connectivity index (χ0v) is 17.0. The highest BCUT2D eigenvalue weighted by atomic mass is 35.5. The number of aryl methyl sites for hydroxylation is 1. The number of aromatic nitrogens is 2. The molecule has 3 rings (SSSR count). The lowest BCUT2D eigenvalue weighted by Crippen LogP contribution is -2.50. The fourth-order valence-electron chi connectivity index (χ4n) is 3.68. The van der Waals surface area contributed by atoms with Crippen LogP contribution in [0.4, 0.5) is 5.69 Å². The molecule has 1 aliphatic rings. The van der Waals surface area contributed by atoms with Crippen molar-refractivity contribution in [3.05, 3.63) is 56.4 Å². The monoisotopic (exact) mass is 405 g/mol. The molecule has 2 aromatic rings. The van der Waals surface area contributed by atoms with Gasteiger partial charge >= 0.3 is 5.69 Å². The maximum absolute atomic E-state index is 12.9. The molecule has 1 aromatic heterocycles. The van der Waals surface area contributed by atoms with Crippen molar-refractivity contribution in [2.45, 2.75) is 33.4 Å². The van der Waals surface area contributed by atoms with E-state index in [0.717, 1.165) is 30.2 Å². The Labute approximate surface area is 168 Å². The number of benzene rings is 1. The average molecular weight is 406 g/mol. The number of hydrogen-bond acceptors (Lipinski definition) is 5. The van der Waals surface area contributed by atoms with Gasteiger partial charge in [-0.05, 0) is 38.5 Å². The fourth-order valence-corrected chi connectivity index (χ4v) is 3.90. The molecule has 1 saturated heterocycles. The maximum atomic E-state index is 12.9. The number of nitrogens with zero attached hydrogens (tertiary/aromatic N) is 5. The Hall–Kier alpha value is -2.45. The molecule has 8 nitrogen and oxygen atoms in total. The van der Waals surface area contributed by atoms with Gasteiger partial charge in [0.1, 0.15) is 17.4 Å². The van der Waals surface area contributed by atoms with E-state index in [0.29, 0.717) is 24.5 Å². The van der Waals surface area contributed by atoms with Crippen LogP contribution in [0.1, 0.15) is 29.9 Å². The van der Waals surface area contributed by atoms with Gasteiger partial charge in [0.25, 0.3) is 0 Å². The summed E-state index contributed by atoms with van der Waals surface area (Å²) >= 11 is 6.04. The van der Waals surface area contributed by atoms with Crippen molar-refractivity contribution in [2.24, 2.45) is 0 Å². The molecular formula is C19H24ClN5O3. The number of hydrogen-bond donors (Lipinski definition) is 0. The molecule has 150 valence electrons. The van der Waals surface area contributed by atoms with Gasteiger partial charge in [0, 0.05) is 37.7 Å². The quantitative estimate of drug-likeness (QED) is 0.564. The third kappa shape index (κ3) is 4.18. The SMILES string of the molecule is Cc1nn(C(C)C(=O)N2CCN(Cc3cccc(Cl)c3)CC2)c(C)c1[N+](=O)[O-]. The lowest BCUT2D eigenvalue weighted by Gasteiger charge is -2.36. The molecule has 1 amide bonds. The first-order valence-electron chi connectivity index (χ1n) is 9.23.